The zero-order valence-electron chi connectivity index (χ0n) is 15.2. The second-order valence-corrected chi connectivity index (χ2v) is 7.08. The monoisotopic (exact) mass is 355 g/mol. The predicted molar refractivity (Wildman–Crippen MR) is 98.8 cm³/mol. The predicted octanol–water partition coefficient (Wildman–Crippen LogP) is 0.215. The van der Waals surface area contributed by atoms with Gasteiger partial charge in [0, 0.05) is 6.42 Å². The van der Waals surface area contributed by atoms with Gasteiger partial charge in [0.05, 0.1) is 32.7 Å². The van der Waals surface area contributed by atoms with Gasteiger partial charge in [-0.3, -0.25) is 0 Å². The molecule has 3 heteroatoms. The van der Waals surface area contributed by atoms with Crippen LogP contribution in [0.15, 0.2) is 48.0 Å². The van der Waals surface area contributed by atoms with Crippen molar-refractivity contribution in [2.45, 2.75) is 26.2 Å². The van der Waals surface area contributed by atoms with E-state index in [1.54, 1.807) is 17.6 Å². The lowest BCUT2D eigenvalue weighted by molar-refractivity contribution is -0.902. The van der Waals surface area contributed by atoms with Crippen LogP contribution >= 0.6 is 0 Å². The summed E-state index contributed by atoms with van der Waals surface area (Å²) in [6.45, 7) is 8.22. The van der Waals surface area contributed by atoms with Crippen LogP contribution < -0.4 is 22.0 Å². The van der Waals surface area contributed by atoms with Gasteiger partial charge in [-0.25, -0.2) is 0 Å². The van der Waals surface area contributed by atoms with Crippen LogP contribution in [0.25, 0.3) is 5.57 Å². The second kappa shape index (κ2) is 7.23. The van der Waals surface area contributed by atoms with Crippen molar-refractivity contribution in [1.82, 2.24) is 0 Å². The summed E-state index contributed by atoms with van der Waals surface area (Å²) in [5.41, 5.74) is 8.80. The SMILES string of the molecule is CC[NH+]1CCC2=C(c3ccc(OC)cc3)c3cc(C)ccc3[C@H]2C1.[Cl-]. The lowest BCUT2D eigenvalue weighted by Gasteiger charge is -2.29. The summed E-state index contributed by atoms with van der Waals surface area (Å²) >= 11 is 0. The molecule has 132 valence electrons. The number of rotatable bonds is 3. The highest BCUT2D eigenvalue weighted by atomic mass is 35.5. The Morgan fingerprint density at radius 2 is 1.88 bits per heavy atom. The van der Waals surface area contributed by atoms with Gasteiger partial charge in [0.1, 0.15) is 5.75 Å². The molecule has 25 heavy (non-hydrogen) atoms. The van der Waals surface area contributed by atoms with Crippen LogP contribution in [0.3, 0.4) is 0 Å². The maximum absolute atomic E-state index is 5.34. The van der Waals surface area contributed by atoms with E-state index in [0.717, 1.165) is 5.75 Å². The van der Waals surface area contributed by atoms with Gasteiger partial charge >= 0.3 is 0 Å². The lowest BCUT2D eigenvalue weighted by atomic mass is 9.89. The van der Waals surface area contributed by atoms with Crippen molar-refractivity contribution in [2.24, 2.45) is 0 Å². The average Bonchev–Trinajstić information content (AvgIpc) is 2.94. The highest BCUT2D eigenvalue weighted by molar-refractivity contribution is 5.89. The van der Waals surface area contributed by atoms with Crippen molar-refractivity contribution >= 4 is 5.57 Å². The standard InChI is InChI=1S/C22H25NO.ClH/c1-4-23-12-11-19-21(14-23)18-10-5-15(2)13-20(18)22(19)16-6-8-17(24-3)9-7-16;/h5-10,13,21H,4,11-12,14H2,1-3H3;1H/t21-;/m1./s1. The zero-order chi connectivity index (χ0) is 16.7. The Morgan fingerprint density at radius 1 is 1.12 bits per heavy atom. The molecule has 4 rings (SSSR count). The summed E-state index contributed by atoms with van der Waals surface area (Å²) < 4.78 is 5.34. The van der Waals surface area contributed by atoms with Gasteiger partial charge in [-0.2, -0.15) is 0 Å². The number of hydrogen-bond acceptors (Lipinski definition) is 1. The van der Waals surface area contributed by atoms with E-state index in [2.05, 4.69) is 56.3 Å². The highest BCUT2D eigenvalue weighted by Crippen LogP contribution is 2.47. The largest absolute Gasteiger partial charge is 1.00 e. The normalized spacial score (nSPS) is 21.4. The van der Waals surface area contributed by atoms with Gasteiger partial charge in [0.2, 0.25) is 0 Å². The average molecular weight is 356 g/mol. The number of fused-ring (bicyclic) bond motifs is 3. The van der Waals surface area contributed by atoms with Crippen LogP contribution in [-0.4, -0.2) is 26.7 Å². The maximum atomic E-state index is 5.34. The first-order chi connectivity index (χ1) is 11.7. The van der Waals surface area contributed by atoms with E-state index in [1.165, 1.54) is 53.9 Å². The third kappa shape index (κ3) is 3.09. The molecule has 0 spiro atoms. The Hall–Kier alpha value is -1.77. The van der Waals surface area contributed by atoms with Gasteiger partial charge in [-0.15, -0.1) is 0 Å². The first-order valence-corrected chi connectivity index (χ1v) is 9.03. The van der Waals surface area contributed by atoms with Crippen LogP contribution in [0.4, 0.5) is 0 Å². The number of aryl methyl sites for hydroxylation is 1. The molecule has 1 unspecified atom stereocenters. The van der Waals surface area contributed by atoms with E-state index < -0.39 is 0 Å². The van der Waals surface area contributed by atoms with Crippen LogP contribution in [0, 0.1) is 6.92 Å². The van der Waals surface area contributed by atoms with E-state index in [9.17, 15) is 0 Å². The van der Waals surface area contributed by atoms with Crippen molar-refractivity contribution in [3.63, 3.8) is 0 Å². The molecule has 1 saturated heterocycles. The number of halogens is 1. The van der Waals surface area contributed by atoms with Crippen LogP contribution in [0.2, 0.25) is 0 Å². The number of likely N-dealkylation sites (N-methyl/N-ethyl adjacent to an activating group) is 1. The Balaban J connectivity index is 0.00000182. The summed E-state index contributed by atoms with van der Waals surface area (Å²) in [7, 11) is 1.73. The van der Waals surface area contributed by atoms with Crippen LogP contribution in [0.5, 0.6) is 5.75 Å². The number of hydrogen-bond donors (Lipinski definition) is 1. The fraction of sp³-hybridized carbons (Fsp3) is 0.364. The molecule has 2 aromatic rings. The molecule has 1 aliphatic carbocycles. The number of methoxy groups -OCH3 is 1. The summed E-state index contributed by atoms with van der Waals surface area (Å²) in [4.78, 5) is 1.73. The smallest absolute Gasteiger partial charge is 0.118 e. The fourth-order valence-corrected chi connectivity index (χ4v) is 4.38. The van der Waals surface area contributed by atoms with Gasteiger partial charge in [-0.1, -0.05) is 35.9 Å². The van der Waals surface area contributed by atoms with Gasteiger partial charge in [0.15, 0.2) is 0 Å². The topological polar surface area (TPSA) is 13.7 Å². The number of piperidine rings is 1. The van der Waals surface area contributed by atoms with E-state index in [-0.39, 0.29) is 12.4 Å². The first kappa shape index (κ1) is 18.0. The number of nitrogens with one attached hydrogen (secondary N) is 1. The number of benzene rings is 2. The molecule has 1 N–H and O–H groups in total. The van der Waals surface area contributed by atoms with Crippen molar-refractivity contribution < 1.29 is 22.0 Å². The van der Waals surface area contributed by atoms with Gasteiger partial charge < -0.3 is 22.0 Å². The molecule has 1 aliphatic heterocycles. The number of likely N-dealkylation sites (tertiary alicyclic amines) is 1. The summed E-state index contributed by atoms with van der Waals surface area (Å²) in [6, 6.07) is 15.6. The molecule has 2 atom stereocenters. The molecule has 0 radical (unpaired) electrons. The van der Waals surface area contributed by atoms with Crippen LogP contribution in [0.1, 0.15) is 41.5 Å². The minimum Gasteiger partial charge on any atom is -1.00 e. The first-order valence-electron chi connectivity index (χ1n) is 9.03. The Kier molecular flexibility index (Phi) is 5.21. The quantitative estimate of drug-likeness (QED) is 0.831. The molecular formula is C22H26ClNO. The zero-order valence-corrected chi connectivity index (χ0v) is 16.0. The maximum Gasteiger partial charge on any atom is 0.118 e. The summed E-state index contributed by atoms with van der Waals surface area (Å²) in [5.74, 6) is 1.52. The molecule has 2 nitrogen and oxygen atoms in total. The van der Waals surface area contributed by atoms with Crippen molar-refractivity contribution in [3.05, 3.63) is 70.3 Å². The summed E-state index contributed by atoms with van der Waals surface area (Å²) in [5, 5.41) is 0. The van der Waals surface area contributed by atoms with E-state index in [4.69, 9.17) is 4.74 Å². The minimum atomic E-state index is 0. The van der Waals surface area contributed by atoms with E-state index in [1.807, 2.05) is 0 Å². The third-order valence-corrected chi connectivity index (χ3v) is 5.71. The summed E-state index contributed by atoms with van der Waals surface area (Å²) in [6.07, 6.45) is 1.21. The van der Waals surface area contributed by atoms with Gasteiger partial charge in [-0.05, 0) is 53.8 Å². The molecule has 2 aliphatic rings. The molecule has 1 fully saturated rings. The van der Waals surface area contributed by atoms with Crippen molar-refractivity contribution in [1.29, 1.82) is 0 Å². The molecule has 0 aromatic heterocycles. The van der Waals surface area contributed by atoms with Crippen LogP contribution in [-0.2, 0) is 0 Å². The minimum absolute atomic E-state index is 0. The number of ether oxygens (including phenoxy) is 1. The molecule has 0 saturated carbocycles. The molecule has 0 amide bonds. The molecule has 0 bridgehead atoms. The van der Waals surface area contributed by atoms with Crippen molar-refractivity contribution in [2.75, 3.05) is 26.7 Å². The fourth-order valence-electron chi connectivity index (χ4n) is 4.38. The Bertz CT molecular complexity index is 794. The van der Waals surface area contributed by atoms with Crippen molar-refractivity contribution in [3.8, 4) is 5.75 Å². The Labute approximate surface area is 156 Å². The highest BCUT2D eigenvalue weighted by Gasteiger charge is 2.37. The van der Waals surface area contributed by atoms with Gasteiger partial charge in [0.25, 0.3) is 0 Å². The van der Waals surface area contributed by atoms with E-state index >= 15 is 0 Å². The molecular weight excluding hydrogens is 330 g/mol. The van der Waals surface area contributed by atoms with E-state index in [0.29, 0.717) is 5.92 Å². The second-order valence-electron chi connectivity index (χ2n) is 7.08. The Morgan fingerprint density at radius 3 is 2.56 bits per heavy atom. The lowest BCUT2D eigenvalue weighted by Crippen LogP contribution is -3.13. The molecule has 2 aromatic carbocycles. The molecule has 1 heterocycles. The number of quaternary nitrogens is 1. The third-order valence-electron chi connectivity index (χ3n) is 5.71.